The fraction of sp³-hybridized carbons (Fsp3) is 0.444. The van der Waals surface area contributed by atoms with Gasteiger partial charge >= 0.3 is 6.09 Å². The van der Waals surface area contributed by atoms with Crippen LogP contribution in [0.25, 0.3) is 0 Å². The van der Waals surface area contributed by atoms with Gasteiger partial charge in [0.05, 0.1) is 6.20 Å². The van der Waals surface area contributed by atoms with Crippen LogP contribution in [0.2, 0.25) is 0 Å². The molecule has 1 aromatic heterocycles. The summed E-state index contributed by atoms with van der Waals surface area (Å²) in [4.78, 5) is 27.2. The predicted octanol–water partition coefficient (Wildman–Crippen LogP) is 2.81. The van der Waals surface area contributed by atoms with Gasteiger partial charge < -0.3 is 5.11 Å². The van der Waals surface area contributed by atoms with Crippen molar-refractivity contribution in [3.63, 3.8) is 0 Å². The van der Waals surface area contributed by atoms with Crippen molar-refractivity contribution in [1.82, 2.24) is 4.98 Å². The monoisotopic (exact) mass is 262 g/mol. The van der Waals surface area contributed by atoms with Crippen molar-refractivity contribution in [2.24, 2.45) is 0 Å². The average molecular weight is 263 g/mol. The molecule has 1 N–H and O–H groups in total. The molecule has 0 saturated heterocycles. The molecule has 7 heteroatoms. The van der Waals surface area contributed by atoms with Crippen molar-refractivity contribution < 1.29 is 14.7 Å². The number of hydrogen-bond acceptors (Lipinski definition) is 4. The quantitative estimate of drug-likeness (QED) is 0.832. The van der Waals surface area contributed by atoms with E-state index in [2.05, 4.69) is 4.98 Å². The van der Waals surface area contributed by atoms with Crippen LogP contribution >= 0.6 is 22.9 Å². The highest BCUT2D eigenvalue weighted by Crippen LogP contribution is 2.29. The first-order chi connectivity index (χ1) is 7.23. The minimum atomic E-state index is -1.12. The molecule has 0 aliphatic heterocycles. The number of anilines is 1. The number of hydrogen-bond donors (Lipinski definition) is 1. The van der Waals surface area contributed by atoms with Crippen molar-refractivity contribution >= 4 is 39.4 Å². The first-order valence-electron chi connectivity index (χ1n) is 4.42. The highest BCUT2D eigenvalue weighted by atomic mass is 35.5. The maximum Gasteiger partial charge on any atom is 0.414 e. The van der Waals surface area contributed by atoms with Gasteiger partial charge in [-0.25, -0.2) is 14.7 Å². The Bertz CT molecular complexity index is 425. The van der Waals surface area contributed by atoms with Crippen molar-refractivity contribution in [1.29, 1.82) is 0 Å². The molecule has 0 radical (unpaired) electrons. The number of carbonyl (C=O) groups excluding carboxylic acids is 1. The summed E-state index contributed by atoms with van der Waals surface area (Å²) in [5.41, 5.74) is -0.629. The summed E-state index contributed by atoms with van der Waals surface area (Å²) >= 11 is 6.24. The molecule has 1 heterocycles. The van der Waals surface area contributed by atoms with Gasteiger partial charge in [0, 0.05) is 5.54 Å². The van der Waals surface area contributed by atoms with Crippen LogP contribution in [0.5, 0.6) is 0 Å². The summed E-state index contributed by atoms with van der Waals surface area (Å²) < 4.78 is 0. The molecule has 16 heavy (non-hydrogen) atoms. The van der Waals surface area contributed by atoms with E-state index in [9.17, 15) is 9.59 Å². The first-order valence-corrected chi connectivity index (χ1v) is 5.61. The zero-order valence-electron chi connectivity index (χ0n) is 9.02. The molecule has 0 bridgehead atoms. The highest BCUT2D eigenvalue weighted by molar-refractivity contribution is 7.19. The number of carbonyl (C=O) groups is 2. The third kappa shape index (κ3) is 2.70. The molecule has 0 fully saturated rings. The number of amides is 1. The second kappa shape index (κ2) is 4.39. The number of nitrogens with zero attached hydrogens (tertiary/aromatic N) is 2. The summed E-state index contributed by atoms with van der Waals surface area (Å²) in [6.07, 6.45) is 0.159. The van der Waals surface area contributed by atoms with Crippen LogP contribution in [-0.2, 0) is 0 Å². The van der Waals surface area contributed by atoms with Crippen molar-refractivity contribution in [2.75, 3.05) is 4.90 Å². The van der Waals surface area contributed by atoms with E-state index in [1.165, 1.54) is 6.20 Å². The molecule has 0 atom stereocenters. The number of thiazole rings is 1. The van der Waals surface area contributed by atoms with Gasteiger partial charge in [0.2, 0.25) is 0 Å². The Hall–Kier alpha value is -1.14. The van der Waals surface area contributed by atoms with E-state index in [4.69, 9.17) is 16.7 Å². The third-order valence-electron chi connectivity index (χ3n) is 1.74. The molecular weight excluding hydrogens is 252 g/mol. The van der Waals surface area contributed by atoms with Crippen LogP contribution < -0.4 is 4.90 Å². The standard InChI is InChI=1S/C9H11ClN2O3S/c1-9(2,3)12(8(14)15)7-11-4-5(16-7)6(10)13/h4H,1-3H3,(H,14,15). The fourth-order valence-electron chi connectivity index (χ4n) is 1.11. The van der Waals surface area contributed by atoms with E-state index in [0.717, 1.165) is 16.2 Å². The van der Waals surface area contributed by atoms with E-state index < -0.39 is 16.9 Å². The largest absolute Gasteiger partial charge is 0.465 e. The zero-order valence-corrected chi connectivity index (χ0v) is 10.6. The fourth-order valence-corrected chi connectivity index (χ4v) is 2.21. The van der Waals surface area contributed by atoms with Gasteiger partial charge in [0.15, 0.2) is 5.13 Å². The van der Waals surface area contributed by atoms with E-state index in [1.807, 2.05) is 0 Å². The summed E-state index contributed by atoms with van der Waals surface area (Å²) in [5, 5.41) is 8.69. The van der Waals surface area contributed by atoms with E-state index in [1.54, 1.807) is 20.8 Å². The number of halogens is 1. The molecule has 88 valence electrons. The minimum Gasteiger partial charge on any atom is -0.465 e. The van der Waals surface area contributed by atoms with Crippen LogP contribution in [0, 0.1) is 0 Å². The Morgan fingerprint density at radius 2 is 2.06 bits per heavy atom. The van der Waals surface area contributed by atoms with Gasteiger partial charge in [0.1, 0.15) is 4.88 Å². The maximum atomic E-state index is 11.1. The van der Waals surface area contributed by atoms with Crippen molar-refractivity contribution in [2.45, 2.75) is 26.3 Å². The summed E-state index contributed by atoms with van der Waals surface area (Å²) in [6, 6.07) is 0. The van der Waals surface area contributed by atoms with E-state index in [0.29, 0.717) is 0 Å². The van der Waals surface area contributed by atoms with Gasteiger partial charge in [-0.05, 0) is 32.4 Å². The summed E-state index contributed by atoms with van der Waals surface area (Å²) in [7, 11) is 0. The molecule has 1 rings (SSSR count). The van der Waals surface area contributed by atoms with Crippen LogP contribution in [0.3, 0.4) is 0 Å². The third-order valence-corrected chi connectivity index (χ3v) is 3.04. The predicted molar refractivity (Wildman–Crippen MR) is 62.6 cm³/mol. The van der Waals surface area contributed by atoms with Crippen LogP contribution in [-0.4, -0.2) is 27.0 Å². The lowest BCUT2D eigenvalue weighted by Crippen LogP contribution is -2.45. The first kappa shape index (κ1) is 12.9. The molecule has 0 unspecified atom stereocenters. The molecule has 5 nitrogen and oxygen atoms in total. The molecule has 0 saturated carbocycles. The molecule has 0 aliphatic carbocycles. The number of carboxylic acid groups (broad SMARTS) is 1. The lowest BCUT2D eigenvalue weighted by molar-refractivity contribution is 0.108. The lowest BCUT2D eigenvalue weighted by atomic mass is 10.1. The van der Waals surface area contributed by atoms with Crippen molar-refractivity contribution in [3.8, 4) is 0 Å². The minimum absolute atomic E-state index is 0.229. The number of aromatic nitrogens is 1. The topological polar surface area (TPSA) is 70.5 Å². The van der Waals surface area contributed by atoms with Gasteiger partial charge in [-0.15, -0.1) is 0 Å². The second-order valence-corrected chi connectivity index (χ2v) is 5.42. The SMILES string of the molecule is CC(C)(C)N(C(=O)O)c1ncc(C(=O)Cl)s1. The maximum absolute atomic E-state index is 11.1. The normalized spacial score (nSPS) is 11.2. The molecule has 0 aliphatic rings. The molecule has 0 aromatic carbocycles. The zero-order chi connectivity index (χ0) is 12.5. The highest BCUT2D eigenvalue weighted by Gasteiger charge is 2.30. The van der Waals surface area contributed by atoms with Crippen LogP contribution in [0.1, 0.15) is 30.4 Å². The Balaban J connectivity index is 3.13. The van der Waals surface area contributed by atoms with Gasteiger partial charge in [-0.3, -0.25) is 4.79 Å². The molecule has 1 amide bonds. The molecule has 0 spiro atoms. The molecule has 1 aromatic rings. The summed E-state index contributed by atoms with van der Waals surface area (Å²) in [6.45, 7) is 5.22. The Morgan fingerprint density at radius 3 is 2.38 bits per heavy atom. The van der Waals surface area contributed by atoms with E-state index >= 15 is 0 Å². The van der Waals surface area contributed by atoms with E-state index in [-0.39, 0.29) is 10.0 Å². The average Bonchev–Trinajstić information content (AvgIpc) is 2.49. The molecular formula is C9H11ClN2O3S. The Kier molecular flexibility index (Phi) is 3.54. The van der Waals surface area contributed by atoms with Gasteiger partial charge in [-0.1, -0.05) is 11.3 Å². The smallest absolute Gasteiger partial charge is 0.414 e. The van der Waals surface area contributed by atoms with Crippen LogP contribution in [0.4, 0.5) is 9.93 Å². The number of rotatable bonds is 2. The van der Waals surface area contributed by atoms with Crippen molar-refractivity contribution in [3.05, 3.63) is 11.1 Å². The van der Waals surface area contributed by atoms with Gasteiger partial charge in [-0.2, -0.15) is 0 Å². The van der Waals surface area contributed by atoms with Crippen LogP contribution in [0.15, 0.2) is 6.20 Å². The Morgan fingerprint density at radius 1 is 1.50 bits per heavy atom. The van der Waals surface area contributed by atoms with Gasteiger partial charge in [0.25, 0.3) is 5.24 Å². The lowest BCUT2D eigenvalue weighted by Gasteiger charge is -2.30. The second-order valence-electron chi connectivity index (χ2n) is 4.07. The Labute approximate surface area is 102 Å². The summed E-state index contributed by atoms with van der Waals surface area (Å²) in [5.74, 6) is 0.